The van der Waals surface area contributed by atoms with Crippen LogP contribution >= 0.6 is 0 Å². The maximum absolute atomic E-state index is 11.1. The van der Waals surface area contributed by atoms with Gasteiger partial charge in [0.15, 0.2) is 0 Å². The van der Waals surface area contributed by atoms with Gasteiger partial charge in [0, 0.05) is 26.2 Å². The molecular weight excluding hydrogens is 314 g/mol. The predicted octanol–water partition coefficient (Wildman–Crippen LogP) is 0.747. The average molecular weight is 348 g/mol. The van der Waals surface area contributed by atoms with Gasteiger partial charge in [0.2, 0.25) is 10.0 Å². The average Bonchev–Trinajstić information content (AvgIpc) is 2.44. The molecule has 2 aliphatic rings. The van der Waals surface area contributed by atoms with Gasteiger partial charge >= 0.3 is 0 Å². The lowest BCUT2D eigenvalue weighted by Gasteiger charge is -2.37. The van der Waals surface area contributed by atoms with Crippen molar-refractivity contribution in [1.82, 2.24) is 14.5 Å². The predicted molar refractivity (Wildman–Crippen MR) is 93.1 cm³/mol. The summed E-state index contributed by atoms with van der Waals surface area (Å²) in [6, 6.07) is 0. The minimum Gasteiger partial charge on any atom is -0.373 e. The Morgan fingerprint density at radius 1 is 1.04 bits per heavy atom. The SMILES string of the molecule is C[C@@H]1CN(CCC2CCN(CCNS(C)(=O)=O)CC2)C[C@@H](C)O1. The molecule has 0 bridgehead atoms. The Labute approximate surface area is 141 Å². The first-order chi connectivity index (χ1) is 10.8. The van der Waals surface area contributed by atoms with E-state index in [0.717, 1.165) is 38.6 Å². The Balaban J connectivity index is 1.59. The third-order valence-electron chi connectivity index (χ3n) is 4.85. The molecule has 6 nitrogen and oxygen atoms in total. The van der Waals surface area contributed by atoms with Gasteiger partial charge in [0.05, 0.1) is 18.5 Å². The van der Waals surface area contributed by atoms with Gasteiger partial charge in [-0.1, -0.05) is 0 Å². The molecular formula is C16H33N3O3S. The zero-order chi connectivity index (χ0) is 16.9. The molecule has 2 rings (SSSR count). The van der Waals surface area contributed by atoms with E-state index < -0.39 is 10.0 Å². The highest BCUT2D eigenvalue weighted by atomic mass is 32.2. The highest BCUT2D eigenvalue weighted by Gasteiger charge is 2.24. The summed E-state index contributed by atoms with van der Waals surface area (Å²) in [5.41, 5.74) is 0. The first kappa shape index (κ1) is 19.1. The van der Waals surface area contributed by atoms with Crippen LogP contribution in [0.1, 0.15) is 33.1 Å². The number of nitrogens with zero attached hydrogens (tertiary/aromatic N) is 2. The minimum atomic E-state index is -3.06. The van der Waals surface area contributed by atoms with E-state index >= 15 is 0 Å². The van der Waals surface area contributed by atoms with Gasteiger partial charge in [-0.3, -0.25) is 4.90 Å². The Morgan fingerprint density at radius 2 is 1.65 bits per heavy atom. The van der Waals surface area contributed by atoms with Crippen molar-refractivity contribution in [3.8, 4) is 0 Å². The monoisotopic (exact) mass is 347 g/mol. The van der Waals surface area contributed by atoms with Crippen molar-refractivity contribution < 1.29 is 13.2 Å². The summed E-state index contributed by atoms with van der Waals surface area (Å²) in [4.78, 5) is 4.91. The smallest absolute Gasteiger partial charge is 0.208 e. The van der Waals surface area contributed by atoms with Crippen molar-refractivity contribution >= 4 is 10.0 Å². The van der Waals surface area contributed by atoms with Crippen LogP contribution in [0.3, 0.4) is 0 Å². The summed E-state index contributed by atoms with van der Waals surface area (Å²) < 4.78 is 30.5. The third kappa shape index (κ3) is 7.47. The first-order valence-electron chi connectivity index (χ1n) is 8.86. The normalized spacial score (nSPS) is 29.0. The van der Waals surface area contributed by atoms with E-state index in [4.69, 9.17) is 4.74 Å². The molecule has 0 aromatic carbocycles. The summed E-state index contributed by atoms with van der Waals surface area (Å²) in [5, 5.41) is 0. The molecule has 2 heterocycles. The topological polar surface area (TPSA) is 61.9 Å². The van der Waals surface area contributed by atoms with Crippen molar-refractivity contribution in [3.05, 3.63) is 0 Å². The Kier molecular flexibility index (Phi) is 7.28. The van der Waals surface area contributed by atoms with Crippen molar-refractivity contribution in [2.45, 2.75) is 45.3 Å². The fourth-order valence-electron chi connectivity index (χ4n) is 3.72. The van der Waals surface area contributed by atoms with Crippen molar-refractivity contribution in [2.75, 3.05) is 52.1 Å². The maximum atomic E-state index is 11.1. The van der Waals surface area contributed by atoms with Crippen LogP contribution in [0.15, 0.2) is 0 Å². The number of rotatable bonds is 7. The van der Waals surface area contributed by atoms with Gasteiger partial charge < -0.3 is 9.64 Å². The zero-order valence-corrected chi connectivity index (χ0v) is 15.6. The molecule has 1 N–H and O–H groups in total. The summed E-state index contributed by atoms with van der Waals surface area (Å²) in [7, 11) is -3.06. The molecule has 0 radical (unpaired) electrons. The number of hydrogen-bond acceptors (Lipinski definition) is 5. The number of hydrogen-bond donors (Lipinski definition) is 1. The zero-order valence-electron chi connectivity index (χ0n) is 14.8. The largest absolute Gasteiger partial charge is 0.373 e. The third-order valence-corrected chi connectivity index (χ3v) is 5.58. The first-order valence-corrected chi connectivity index (χ1v) is 10.8. The molecule has 136 valence electrons. The molecule has 23 heavy (non-hydrogen) atoms. The molecule has 7 heteroatoms. The Morgan fingerprint density at radius 3 is 2.22 bits per heavy atom. The van der Waals surface area contributed by atoms with Crippen molar-refractivity contribution in [1.29, 1.82) is 0 Å². The van der Waals surface area contributed by atoms with Crippen LogP contribution in [0, 0.1) is 5.92 Å². The number of nitrogens with one attached hydrogen (secondary N) is 1. The summed E-state index contributed by atoms with van der Waals surface area (Å²) >= 11 is 0. The number of sulfonamides is 1. The van der Waals surface area contributed by atoms with Gasteiger partial charge in [-0.2, -0.15) is 0 Å². The minimum absolute atomic E-state index is 0.350. The van der Waals surface area contributed by atoms with Crippen LogP contribution in [0.2, 0.25) is 0 Å². The molecule has 2 atom stereocenters. The van der Waals surface area contributed by atoms with Crippen LogP contribution in [-0.4, -0.2) is 82.5 Å². The number of morpholine rings is 1. The van der Waals surface area contributed by atoms with E-state index in [1.165, 1.54) is 32.1 Å². The Hall–Kier alpha value is -0.210. The molecule has 0 spiro atoms. The molecule has 2 saturated heterocycles. The fraction of sp³-hybridized carbons (Fsp3) is 1.00. The van der Waals surface area contributed by atoms with E-state index in [2.05, 4.69) is 28.4 Å². The Bertz CT molecular complexity index is 439. The summed E-state index contributed by atoms with van der Waals surface area (Å²) in [6.45, 7) is 11.1. The van der Waals surface area contributed by atoms with E-state index in [1.807, 2.05) is 0 Å². The second-order valence-corrected chi connectivity index (χ2v) is 9.09. The van der Waals surface area contributed by atoms with Gasteiger partial charge in [-0.15, -0.1) is 0 Å². The standard InChI is InChI=1S/C16H33N3O3S/c1-14-12-19(13-15(2)22-14)10-6-16-4-8-18(9-5-16)11-7-17-23(3,20)21/h14-17H,4-13H2,1-3H3/t14-,15-/m1/s1. The lowest BCUT2D eigenvalue weighted by molar-refractivity contribution is -0.0693. The number of ether oxygens (including phenoxy) is 1. The molecule has 0 saturated carbocycles. The van der Waals surface area contributed by atoms with Gasteiger partial charge in [-0.25, -0.2) is 13.1 Å². The molecule has 0 aromatic rings. The molecule has 0 amide bonds. The van der Waals surface area contributed by atoms with E-state index in [-0.39, 0.29) is 0 Å². The van der Waals surface area contributed by atoms with Crippen molar-refractivity contribution in [2.24, 2.45) is 5.92 Å². The molecule has 0 aromatic heterocycles. The van der Waals surface area contributed by atoms with E-state index in [9.17, 15) is 8.42 Å². The van der Waals surface area contributed by atoms with Crippen LogP contribution in [0.5, 0.6) is 0 Å². The van der Waals surface area contributed by atoms with Gasteiger partial charge in [0.1, 0.15) is 0 Å². The van der Waals surface area contributed by atoms with E-state index in [1.54, 1.807) is 0 Å². The highest BCUT2D eigenvalue weighted by molar-refractivity contribution is 7.88. The van der Waals surface area contributed by atoms with Crippen LogP contribution in [-0.2, 0) is 14.8 Å². The second-order valence-electron chi connectivity index (χ2n) is 7.26. The summed E-state index contributed by atoms with van der Waals surface area (Å²) in [5.74, 6) is 0.808. The lowest BCUT2D eigenvalue weighted by atomic mass is 9.93. The van der Waals surface area contributed by atoms with Gasteiger partial charge in [-0.05, 0) is 58.7 Å². The second kappa shape index (κ2) is 8.76. The maximum Gasteiger partial charge on any atom is 0.208 e. The highest BCUT2D eigenvalue weighted by Crippen LogP contribution is 2.21. The van der Waals surface area contributed by atoms with Crippen LogP contribution in [0.4, 0.5) is 0 Å². The number of piperidine rings is 1. The van der Waals surface area contributed by atoms with E-state index in [0.29, 0.717) is 18.8 Å². The van der Waals surface area contributed by atoms with Crippen LogP contribution in [0.25, 0.3) is 0 Å². The van der Waals surface area contributed by atoms with Crippen molar-refractivity contribution in [3.63, 3.8) is 0 Å². The van der Waals surface area contributed by atoms with Crippen LogP contribution < -0.4 is 4.72 Å². The van der Waals surface area contributed by atoms with Gasteiger partial charge in [0.25, 0.3) is 0 Å². The molecule has 2 fully saturated rings. The molecule has 0 unspecified atom stereocenters. The molecule has 2 aliphatic heterocycles. The lowest BCUT2D eigenvalue weighted by Crippen LogP contribution is -2.46. The quantitative estimate of drug-likeness (QED) is 0.736. The molecule has 0 aliphatic carbocycles. The summed E-state index contributed by atoms with van der Waals surface area (Å²) in [6.07, 6.45) is 5.65. The number of likely N-dealkylation sites (tertiary alicyclic amines) is 1. The fourth-order valence-corrected chi connectivity index (χ4v) is 4.18.